The average molecular weight is 297 g/mol. The summed E-state index contributed by atoms with van der Waals surface area (Å²) in [5.41, 5.74) is 2.19. The van der Waals surface area contributed by atoms with Gasteiger partial charge in [0.25, 0.3) is 9.05 Å². The standard InChI is InChI=1S/C14H13ClO3S/c1-10-4-3-5-14(11(10)2)18-12-6-8-13(9-7-12)19(15,16)17/h3-9H,1-2H3. The van der Waals surface area contributed by atoms with Gasteiger partial charge in [-0.25, -0.2) is 8.42 Å². The summed E-state index contributed by atoms with van der Waals surface area (Å²) >= 11 is 0. The van der Waals surface area contributed by atoms with Gasteiger partial charge in [0.15, 0.2) is 0 Å². The van der Waals surface area contributed by atoms with Crippen LogP contribution in [0.2, 0.25) is 0 Å². The number of halogens is 1. The number of benzene rings is 2. The normalized spacial score (nSPS) is 11.3. The minimum absolute atomic E-state index is 0.0579. The highest BCUT2D eigenvalue weighted by Gasteiger charge is 2.10. The van der Waals surface area contributed by atoms with Crippen LogP contribution in [0.3, 0.4) is 0 Å². The first-order valence-electron chi connectivity index (χ1n) is 5.67. The van der Waals surface area contributed by atoms with Gasteiger partial charge in [0.2, 0.25) is 0 Å². The highest BCUT2D eigenvalue weighted by molar-refractivity contribution is 8.13. The lowest BCUT2D eigenvalue weighted by Gasteiger charge is -2.10. The predicted molar refractivity (Wildman–Crippen MR) is 75.5 cm³/mol. The van der Waals surface area contributed by atoms with Crippen LogP contribution in [0.5, 0.6) is 11.5 Å². The Hall–Kier alpha value is -1.52. The van der Waals surface area contributed by atoms with E-state index in [0.717, 1.165) is 16.9 Å². The van der Waals surface area contributed by atoms with Crippen molar-refractivity contribution in [3.63, 3.8) is 0 Å². The molecule has 0 bridgehead atoms. The summed E-state index contributed by atoms with van der Waals surface area (Å²) in [6.07, 6.45) is 0. The molecule has 2 rings (SSSR count). The summed E-state index contributed by atoms with van der Waals surface area (Å²) in [5.74, 6) is 1.32. The smallest absolute Gasteiger partial charge is 0.261 e. The highest BCUT2D eigenvalue weighted by Crippen LogP contribution is 2.27. The average Bonchev–Trinajstić information content (AvgIpc) is 2.35. The van der Waals surface area contributed by atoms with Crippen LogP contribution in [0.15, 0.2) is 47.4 Å². The van der Waals surface area contributed by atoms with E-state index in [1.165, 1.54) is 12.1 Å². The molecule has 3 nitrogen and oxygen atoms in total. The van der Waals surface area contributed by atoms with E-state index < -0.39 is 9.05 Å². The molecule has 19 heavy (non-hydrogen) atoms. The molecule has 2 aromatic rings. The van der Waals surface area contributed by atoms with E-state index >= 15 is 0 Å². The quantitative estimate of drug-likeness (QED) is 0.803. The molecule has 0 amide bonds. The van der Waals surface area contributed by atoms with Gasteiger partial charge in [-0.05, 0) is 55.3 Å². The van der Waals surface area contributed by atoms with Crippen molar-refractivity contribution in [2.45, 2.75) is 18.7 Å². The van der Waals surface area contributed by atoms with Crippen LogP contribution in [0.25, 0.3) is 0 Å². The molecule has 0 atom stereocenters. The first kappa shape index (κ1) is 13.9. The zero-order valence-electron chi connectivity index (χ0n) is 10.6. The zero-order chi connectivity index (χ0) is 14.0. The Labute approximate surface area is 117 Å². The van der Waals surface area contributed by atoms with E-state index in [1.54, 1.807) is 12.1 Å². The van der Waals surface area contributed by atoms with E-state index in [4.69, 9.17) is 15.4 Å². The number of hydrogen-bond acceptors (Lipinski definition) is 3. The Morgan fingerprint density at radius 3 is 2.21 bits per heavy atom. The highest BCUT2D eigenvalue weighted by atomic mass is 35.7. The summed E-state index contributed by atoms with van der Waals surface area (Å²) < 4.78 is 28.0. The summed E-state index contributed by atoms with van der Waals surface area (Å²) in [4.78, 5) is 0.0579. The fourth-order valence-corrected chi connectivity index (χ4v) is 2.40. The van der Waals surface area contributed by atoms with Crippen molar-refractivity contribution in [1.29, 1.82) is 0 Å². The van der Waals surface area contributed by atoms with E-state index in [-0.39, 0.29) is 4.90 Å². The minimum atomic E-state index is -3.69. The second-order valence-electron chi connectivity index (χ2n) is 4.21. The van der Waals surface area contributed by atoms with E-state index in [0.29, 0.717) is 5.75 Å². The fourth-order valence-electron chi connectivity index (χ4n) is 1.63. The van der Waals surface area contributed by atoms with Crippen molar-refractivity contribution in [2.75, 3.05) is 0 Å². The van der Waals surface area contributed by atoms with Crippen LogP contribution in [-0.2, 0) is 9.05 Å². The maximum atomic E-state index is 11.1. The fraction of sp³-hybridized carbons (Fsp3) is 0.143. The molecule has 0 saturated carbocycles. The van der Waals surface area contributed by atoms with Crippen molar-refractivity contribution in [1.82, 2.24) is 0 Å². The van der Waals surface area contributed by atoms with Crippen LogP contribution in [0.1, 0.15) is 11.1 Å². The Morgan fingerprint density at radius 1 is 1.00 bits per heavy atom. The van der Waals surface area contributed by atoms with Gasteiger partial charge in [-0.2, -0.15) is 0 Å². The molecule has 0 fully saturated rings. The van der Waals surface area contributed by atoms with Gasteiger partial charge >= 0.3 is 0 Å². The van der Waals surface area contributed by atoms with Crippen molar-refractivity contribution >= 4 is 19.7 Å². The molecular weight excluding hydrogens is 284 g/mol. The first-order chi connectivity index (χ1) is 8.88. The molecule has 0 saturated heterocycles. The largest absolute Gasteiger partial charge is 0.457 e. The molecule has 0 aliphatic rings. The second kappa shape index (κ2) is 5.23. The van der Waals surface area contributed by atoms with Gasteiger partial charge in [0.1, 0.15) is 11.5 Å². The molecule has 2 aromatic carbocycles. The maximum absolute atomic E-state index is 11.1. The van der Waals surface area contributed by atoms with Crippen LogP contribution < -0.4 is 4.74 Å². The maximum Gasteiger partial charge on any atom is 0.261 e. The molecule has 100 valence electrons. The number of hydrogen-bond donors (Lipinski definition) is 0. The topological polar surface area (TPSA) is 43.4 Å². The molecule has 0 unspecified atom stereocenters. The van der Waals surface area contributed by atoms with Crippen molar-refractivity contribution in [3.05, 3.63) is 53.6 Å². The third kappa shape index (κ3) is 3.28. The van der Waals surface area contributed by atoms with Crippen LogP contribution in [-0.4, -0.2) is 8.42 Å². The monoisotopic (exact) mass is 296 g/mol. The third-order valence-electron chi connectivity index (χ3n) is 2.89. The molecule has 0 N–H and O–H groups in total. The van der Waals surface area contributed by atoms with E-state index in [2.05, 4.69) is 0 Å². The Bertz CT molecular complexity index is 691. The lowest BCUT2D eigenvalue weighted by atomic mass is 10.1. The minimum Gasteiger partial charge on any atom is -0.457 e. The Morgan fingerprint density at radius 2 is 1.63 bits per heavy atom. The summed E-state index contributed by atoms with van der Waals surface area (Å²) in [6.45, 7) is 3.98. The van der Waals surface area contributed by atoms with Crippen molar-refractivity contribution < 1.29 is 13.2 Å². The predicted octanol–water partition coefficient (Wildman–Crippen LogP) is 4.02. The van der Waals surface area contributed by atoms with Crippen molar-refractivity contribution in [2.24, 2.45) is 0 Å². The third-order valence-corrected chi connectivity index (χ3v) is 4.26. The molecule has 0 heterocycles. The molecule has 0 spiro atoms. The molecule has 5 heteroatoms. The molecular formula is C14H13ClO3S. The number of ether oxygens (including phenoxy) is 1. The Balaban J connectivity index is 2.27. The molecule has 0 aliphatic carbocycles. The summed E-state index contributed by atoms with van der Waals surface area (Å²) in [7, 11) is 1.56. The first-order valence-corrected chi connectivity index (χ1v) is 7.97. The lowest BCUT2D eigenvalue weighted by molar-refractivity contribution is 0.478. The van der Waals surface area contributed by atoms with Gasteiger partial charge in [0.05, 0.1) is 4.90 Å². The van der Waals surface area contributed by atoms with Crippen LogP contribution >= 0.6 is 10.7 Å². The van der Waals surface area contributed by atoms with Gasteiger partial charge < -0.3 is 4.74 Å². The molecule has 0 aromatic heterocycles. The van der Waals surface area contributed by atoms with Gasteiger partial charge in [-0.15, -0.1) is 0 Å². The lowest BCUT2D eigenvalue weighted by Crippen LogP contribution is -1.92. The summed E-state index contributed by atoms with van der Waals surface area (Å²) in [5, 5.41) is 0. The second-order valence-corrected chi connectivity index (χ2v) is 6.78. The summed E-state index contributed by atoms with van der Waals surface area (Å²) in [6, 6.07) is 11.8. The Kier molecular flexibility index (Phi) is 3.83. The SMILES string of the molecule is Cc1cccc(Oc2ccc(S(=O)(=O)Cl)cc2)c1C. The van der Waals surface area contributed by atoms with Gasteiger partial charge in [-0.1, -0.05) is 12.1 Å². The number of aryl methyl sites for hydroxylation is 1. The number of rotatable bonds is 3. The van der Waals surface area contributed by atoms with Gasteiger partial charge in [-0.3, -0.25) is 0 Å². The van der Waals surface area contributed by atoms with Crippen molar-refractivity contribution in [3.8, 4) is 11.5 Å². The molecule has 0 aliphatic heterocycles. The van der Waals surface area contributed by atoms with Crippen LogP contribution in [0, 0.1) is 13.8 Å². The molecule has 0 radical (unpaired) electrons. The zero-order valence-corrected chi connectivity index (χ0v) is 12.1. The van der Waals surface area contributed by atoms with Gasteiger partial charge in [0, 0.05) is 10.7 Å². The van der Waals surface area contributed by atoms with E-state index in [1.807, 2.05) is 32.0 Å². The van der Waals surface area contributed by atoms with E-state index in [9.17, 15) is 8.42 Å². The van der Waals surface area contributed by atoms with Crippen LogP contribution in [0.4, 0.5) is 0 Å².